The molecule has 10 heavy (non-hydrogen) atoms. The molecule has 0 amide bonds. The highest BCUT2D eigenvalue weighted by Crippen LogP contribution is 2.02. The average Bonchev–Trinajstić information content (AvgIpc) is 1.88. The Hall–Kier alpha value is -0.680. The molecule has 0 aliphatic carbocycles. The Kier molecular flexibility index (Phi) is 2.18. The maximum Gasteiger partial charge on any atom is 0.285 e. The highest BCUT2D eigenvalue weighted by molar-refractivity contribution is 4.78. The van der Waals surface area contributed by atoms with E-state index < -0.39 is 6.17 Å². The number of nitrogens with one attached hydrogen (secondary N) is 1. The molecule has 0 spiro atoms. The van der Waals surface area contributed by atoms with Crippen molar-refractivity contribution in [1.29, 1.82) is 0 Å². The minimum Gasteiger partial charge on any atom is -0.304 e. The summed E-state index contributed by atoms with van der Waals surface area (Å²) in [6.45, 7) is 3.02. The Morgan fingerprint density at radius 3 is 3.00 bits per heavy atom. The number of nitro groups is 1. The minimum absolute atomic E-state index is 0.313. The minimum atomic E-state index is -0.659. The Balaban J connectivity index is 2.47. The Labute approximate surface area is 59.2 Å². The molecule has 1 heterocycles. The van der Waals surface area contributed by atoms with Crippen molar-refractivity contribution in [2.75, 3.05) is 20.1 Å². The number of likely N-dealkylation sites (N-methyl/N-ethyl adjacent to an activating group) is 1. The predicted molar refractivity (Wildman–Crippen MR) is 35.7 cm³/mol. The first kappa shape index (κ1) is 7.43. The SMILES string of the molecule is CN1CCN[CH]C1[N+](=O)[O-]. The lowest BCUT2D eigenvalue weighted by Gasteiger charge is -2.25. The van der Waals surface area contributed by atoms with Gasteiger partial charge in [-0.05, 0) is 7.05 Å². The van der Waals surface area contributed by atoms with E-state index in [2.05, 4.69) is 5.32 Å². The molecular formula is C5H10N3O2. The third kappa shape index (κ3) is 1.43. The molecule has 0 aromatic carbocycles. The summed E-state index contributed by atoms with van der Waals surface area (Å²) in [4.78, 5) is 11.6. The van der Waals surface area contributed by atoms with Crippen LogP contribution in [0.1, 0.15) is 0 Å². The van der Waals surface area contributed by atoms with Crippen LogP contribution < -0.4 is 5.32 Å². The molecule has 57 valence electrons. The van der Waals surface area contributed by atoms with Gasteiger partial charge >= 0.3 is 0 Å². The van der Waals surface area contributed by atoms with Crippen LogP contribution in [0.15, 0.2) is 0 Å². The summed E-state index contributed by atoms with van der Waals surface area (Å²) in [6.07, 6.45) is -0.659. The lowest BCUT2D eigenvalue weighted by Crippen LogP contribution is -2.49. The molecular weight excluding hydrogens is 134 g/mol. The smallest absolute Gasteiger partial charge is 0.285 e. The molecule has 1 aliphatic heterocycles. The van der Waals surface area contributed by atoms with Crippen LogP contribution in [0.5, 0.6) is 0 Å². The molecule has 1 aliphatic rings. The van der Waals surface area contributed by atoms with Gasteiger partial charge in [0.1, 0.15) is 6.54 Å². The number of nitrogens with zero attached hydrogens (tertiary/aromatic N) is 2. The maximum absolute atomic E-state index is 10.3. The highest BCUT2D eigenvalue weighted by atomic mass is 16.6. The van der Waals surface area contributed by atoms with Gasteiger partial charge in [0.05, 0.1) is 0 Å². The second-order valence-corrected chi connectivity index (χ2v) is 2.30. The molecule has 1 N–H and O–H groups in total. The van der Waals surface area contributed by atoms with E-state index in [1.807, 2.05) is 0 Å². The van der Waals surface area contributed by atoms with Gasteiger partial charge < -0.3 is 5.32 Å². The molecule has 0 aromatic rings. The Morgan fingerprint density at radius 1 is 1.90 bits per heavy atom. The fourth-order valence-electron chi connectivity index (χ4n) is 0.911. The van der Waals surface area contributed by atoms with Crippen molar-refractivity contribution in [2.45, 2.75) is 6.17 Å². The topological polar surface area (TPSA) is 58.4 Å². The van der Waals surface area contributed by atoms with E-state index in [1.165, 1.54) is 6.54 Å². The summed E-state index contributed by atoms with van der Waals surface area (Å²) in [6, 6.07) is 0. The van der Waals surface area contributed by atoms with Gasteiger partial charge in [-0.3, -0.25) is 10.1 Å². The molecule has 5 nitrogen and oxygen atoms in total. The summed E-state index contributed by atoms with van der Waals surface area (Å²) in [5.41, 5.74) is 0. The molecule has 0 aromatic heterocycles. The van der Waals surface area contributed by atoms with Crippen LogP contribution in [0.3, 0.4) is 0 Å². The lowest BCUT2D eigenvalue weighted by atomic mass is 10.3. The normalized spacial score (nSPS) is 28.3. The van der Waals surface area contributed by atoms with Crippen molar-refractivity contribution in [2.24, 2.45) is 0 Å². The summed E-state index contributed by atoms with van der Waals surface area (Å²) in [5, 5.41) is 13.1. The molecule has 1 unspecified atom stereocenters. The van der Waals surface area contributed by atoms with Crippen molar-refractivity contribution < 1.29 is 4.92 Å². The van der Waals surface area contributed by atoms with E-state index in [4.69, 9.17) is 0 Å². The zero-order valence-electron chi connectivity index (χ0n) is 5.78. The largest absolute Gasteiger partial charge is 0.304 e. The zero-order chi connectivity index (χ0) is 7.56. The molecule has 1 rings (SSSR count). The van der Waals surface area contributed by atoms with E-state index in [-0.39, 0.29) is 4.92 Å². The van der Waals surface area contributed by atoms with Gasteiger partial charge in [-0.25, -0.2) is 4.90 Å². The Morgan fingerprint density at radius 2 is 2.60 bits per heavy atom. The van der Waals surface area contributed by atoms with Crippen LogP contribution in [0.4, 0.5) is 0 Å². The van der Waals surface area contributed by atoms with Gasteiger partial charge in [0.25, 0.3) is 6.17 Å². The van der Waals surface area contributed by atoms with Gasteiger partial charge in [0, 0.05) is 18.0 Å². The molecule has 5 heteroatoms. The summed E-state index contributed by atoms with van der Waals surface area (Å²) in [5.74, 6) is 0. The maximum atomic E-state index is 10.3. The number of hydrogen-bond donors (Lipinski definition) is 1. The fourth-order valence-corrected chi connectivity index (χ4v) is 0.911. The fraction of sp³-hybridized carbons (Fsp3) is 0.800. The van der Waals surface area contributed by atoms with Gasteiger partial charge in [0.15, 0.2) is 0 Å². The van der Waals surface area contributed by atoms with E-state index in [9.17, 15) is 10.1 Å². The second-order valence-electron chi connectivity index (χ2n) is 2.30. The van der Waals surface area contributed by atoms with Crippen LogP contribution in [0.2, 0.25) is 0 Å². The monoisotopic (exact) mass is 144 g/mol. The van der Waals surface area contributed by atoms with Gasteiger partial charge in [-0.15, -0.1) is 0 Å². The molecule has 1 radical (unpaired) electrons. The van der Waals surface area contributed by atoms with Crippen molar-refractivity contribution in [3.05, 3.63) is 16.7 Å². The number of hydrogen-bond acceptors (Lipinski definition) is 4. The standard InChI is InChI=1S/C5H10N3O2/c1-7-3-2-6-4-5(7)8(9)10/h4-6H,2-3H2,1H3. The van der Waals surface area contributed by atoms with Crippen molar-refractivity contribution in [3.8, 4) is 0 Å². The van der Waals surface area contributed by atoms with Gasteiger partial charge in [0.2, 0.25) is 0 Å². The quantitative estimate of drug-likeness (QED) is 0.390. The van der Waals surface area contributed by atoms with Crippen molar-refractivity contribution in [3.63, 3.8) is 0 Å². The first-order chi connectivity index (χ1) is 4.72. The number of piperazine rings is 1. The molecule has 0 saturated carbocycles. The average molecular weight is 144 g/mol. The Bertz CT molecular complexity index is 139. The lowest BCUT2D eigenvalue weighted by molar-refractivity contribution is -0.542. The first-order valence-electron chi connectivity index (χ1n) is 3.12. The summed E-state index contributed by atoms with van der Waals surface area (Å²) >= 11 is 0. The van der Waals surface area contributed by atoms with Gasteiger partial charge in [-0.2, -0.15) is 0 Å². The third-order valence-electron chi connectivity index (χ3n) is 1.54. The van der Waals surface area contributed by atoms with E-state index >= 15 is 0 Å². The molecule has 0 bridgehead atoms. The van der Waals surface area contributed by atoms with Crippen LogP contribution in [0.25, 0.3) is 0 Å². The molecule has 1 atom stereocenters. The molecule has 1 saturated heterocycles. The zero-order valence-corrected chi connectivity index (χ0v) is 5.78. The number of rotatable bonds is 1. The van der Waals surface area contributed by atoms with E-state index in [0.29, 0.717) is 0 Å². The second kappa shape index (κ2) is 2.94. The van der Waals surface area contributed by atoms with Crippen molar-refractivity contribution >= 4 is 0 Å². The van der Waals surface area contributed by atoms with E-state index in [0.717, 1.165) is 13.1 Å². The van der Waals surface area contributed by atoms with Crippen LogP contribution in [-0.2, 0) is 0 Å². The predicted octanol–water partition coefficient (Wildman–Crippen LogP) is -0.714. The summed E-state index contributed by atoms with van der Waals surface area (Å²) in [7, 11) is 1.74. The van der Waals surface area contributed by atoms with Crippen LogP contribution in [-0.4, -0.2) is 36.1 Å². The van der Waals surface area contributed by atoms with Crippen LogP contribution in [0, 0.1) is 16.7 Å². The van der Waals surface area contributed by atoms with Crippen molar-refractivity contribution in [1.82, 2.24) is 10.2 Å². The van der Waals surface area contributed by atoms with Crippen LogP contribution >= 0.6 is 0 Å². The van der Waals surface area contributed by atoms with E-state index in [1.54, 1.807) is 11.9 Å². The highest BCUT2D eigenvalue weighted by Gasteiger charge is 2.28. The molecule has 1 fully saturated rings. The first-order valence-corrected chi connectivity index (χ1v) is 3.12. The third-order valence-corrected chi connectivity index (χ3v) is 1.54. The van der Waals surface area contributed by atoms with Gasteiger partial charge in [-0.1, -0.05) is 0 Å². The summed E-state index contributed by atoms with van der Waals surface area (Å²) < 4.78 is 0.